The van der Waals surface area contributed by atoms with Gasteiger partial charge in [-0.3, -0.25) is 0 Å². The average molecular weight is 244 g/mol. The van der Waals surface area contributed by atoms with Gasteiger partial charge in [0.25, 0.3) is 0 Å². The first-order valence-electron chi connectivity index (χ1n) is 5.00. The third kappa shape index (κ3) is 2.80. The maximum absolute atomic E-state index is 6.06. The molecule has 1 N–H and O–H groups in total. The van der Waals surface area contributed by atoms with Gasteiger partial charge in [-0.2, -0.15) is 0 Å². The summed E-state index contributed by atoms with van der Waals surface area (Å²) in [4.78, 5) is 1.22. The van der Waals surface area contributed by atoms with Gasteiger partial charge < -0.3 is 10.1 Å². The van der Waals surface area contributed by atoms with Crippen molar-refractivity contribution in [3.63, 3.8) is 0 Å². The number of halogens is 1. The molecule has 1 unspecified atom stereocenters. The summed E-state index contributed by atoms with van der Waals surface area (Å²) in [6.07, 6.45) is 1.23. The minimum atomic E-state index is 0.675. The molecule has 15 heavy (non-hydrogen) atoms. The highest BCUT2D eigenvalue weighted by atomic mass is 35.5. The molecule has 0 radical (unpaired) electrons. The first-order chi connectivity index (χ1) is 7.29. The fourth-order valence-electron chi connectivity index (χ4n) is 1.64. The smallest absolute Gasteiger partial charge is 0.137 e. The van der Waals surface area contributed by atoms with Crippen LogP contribution >= 0.6 is 23.4 Å². The lowest BCUT2D eigenvalue weighted by Crippen LogP contribution is -2.09. The topological polar surface area (TPSA) is 21.3 Å². The van der Waals surface area contributed by atoms with E-state index in [1.54, 1.807) is 7.11 Å². The van der Waals surface area contributed by atoms with Crippen molar-refractivity contribution in [2.45, 2.75) is 16.6 Å². The summed E-state index contributed by atoms with van der Waals surface area (Å²) in [5, 5.41) is 4.72. The zero-order valence-electron chi connectivity index (χ0n) is 8.63. The Morgan fingerprint density at radius 2 is 2.40 bits per heavy atom. The van der Waals surface area contributed by atoms with Crippen LogP contribution in [0.15, 0.2) is 23.1 Å². The van der Waals surface area contributed by atoms with E-state index in [-0.39, 0.29) is 0 Å². The lowest BCUT2D eigenvalue weighted by Gasteiger charge is -2.09. The van der Waals surface area contributed by atoms with Gasteiger partial charge in [0.05, 0.1) is 12.1 Å². The van der Waals surface area contributed by atoms with E-state index in [0.717, 1.165) is 18.8 Å². The Labute approximate surface area is 99.3 Å². The summed E-state index contributed by atoms with van der Waals surface area (Å²) >= 11 is 7.94. The molecular formula is C11H14ClNOS. The van der Waals surface area contributed by atoms with Crippen molar-refractivity contribution in [2.75, 3.05) is 20.2 Å². The Kier molecular flexibility index (Phi) is 3.78. The van der Waals surface area contributed by atoms with Crippen LogP contribution in [0.25, 0.3) is 0 Å². The molecule has 0 amide bonds. The van der Waals surface area contributed by atoms with Crippen molar-refractivity contribution in [1.29, 1.82) is 0 Å². The third-order valence-corrected chi connectivity index (χ3v) is 4.00. The second-order valence-corrected chi connectivity index (χ2v) is 5.31. The minimum absolute atomic E-state index is 0.675. The lowest BCUT2D eigenvalue weighted by atomic mass is 10.3. The lowest BCUT2D eigenvalue weighted by molar-refractivity contribution is 0.414. The van der Waals surface area contributed by atoms with E-state index in [2.05, 4.69) is 11.4 Å². The van der Waals surface area contributed by atoms with Gasteiger partial charge in [0, 0.05) is 16.7 Å². The van der Waals surface area contributed by atoms with E-state index in [1.807, 2.05) is 23.9 Å². The molecule has 1 aromatic rings. The van der Waals surface area contributed by atoms with E-state index in [0.29, 0.717) is 10.3 Å². The molecule has 1 atom stereocenters. The third-order valence-electron chi connectivity index (χ3n) is 2.44. The maximum Gasteiger partial charge on any atom is 0.137 e. The first-order valence-corrected chi connectivity index (χ1v) is 6.26. The fraction of sp³-hybridized carbons (Fsp3) is 0.455. The first kappa shape index (κ1) is 11.1. The molecule has 4 heteroatoms. The second-order valence-electron chi connectivity index (χ2n) is 3.53. The molecule has 1 aliphatic rings. The zero-order valence-corrected chi connectivity index (χ0v) is 10.2. The highest BCUT2D eigenvalue weighted by Gasteiger charge is 2.15. The summed E-state index contributed by atoms with van der Waals surface area (Å²) in [7, 11) is 1.63. The van der Waals surface area contributed by atoms with Crippen LogP contribution in [-0.2, 0) is 0 Å². The molecule has 0 spiro atoms. The Morgan fingerprint density at radius 3 is 3.00 bits per heavy atom. The van der Waals surface area contributed by atoms with E-state index in [9.17, 15) is 0 Å². The van der Waals surface area contributed by atoms with Crippen LogP contribution in [0.4, 0.5) is 0 Å². The monoisotopic (exact) mass is 243 g/mol. The van der Waals surface area contributed by atoms with Crippen molar-refractivity contribution in [3.8, 4) is 5.75 Å². The zero-order chi connectivity index (χ0) is 10.7. The number of methoxy groups -OCH3 is 1. The van der Waals surface area contributed by atoms with Crippen molar-refractivity contribution in [1.82, 2.24) is 5.32 Å². The van der Waals surface area contributed by atoms with Crippen LogP contribution < -0.4 is 10.1 Å². The Balaban J connectivity index is 2.05. The van der Waals surface area contributed by atoms with Crippen molar-refractivity contribution >= 4 is 23.4 Å². The molecule has 1 saturated heterocycles. The minimum Gasteiger partial charge on any atom is -0.495 e. The maximum atomic E-state index is 6.06. The predicted molar refractivity (Wildman–Crippen MR) is 65.1 cm³/mol. The molecule has 2 rings (SSSR count). The average Bonchev–Trinajstić information content (AvgIpc) is 2.71. The van der Waals surface area contributed by atoms with Crippen LogP contribution in [0.3, 0.4) is 0 Å². The largest absolute Gasteiger partial charge is 0.495 e. The highest BCUT2D eigenvalue weighted by Crippen LogP contribution is 2.33. The number of nitrogens with one attached hydrogen (secondary N) is 1. The van der Waals surface area contributed by atoms with Gasteiger partial charge in [-0.15, -0.1) is 11.8 Å². The molecule has 0 bridgehead atoms. The predicted octanol–water partition coefficient (Wildman–Crippen LogP) is 2.80. The number of ether oxygens (including phenoxy) is 1. The number of rotatable bonds is 3. The normalized spacial score (nSPS) is 20.5. The fourth-order valence-corrected chi connectivity index (χ4v) is 3.12. The molecule has 1 aliphatic heterocycles. The van der Waals surface area contributed by atoms with E-state index in [4.69, 9.17) is 16.3 Å². The number of hydrogen-bond donors (Lipinski definition) is 1. The second kappa shape index (κ2) is 5.10. The van der Waals surface area contributed by atoms with E-state index < -0.39 is 0 Å². The molecule has 2 nitrogen and oxygen atoms in total. The van der Waals surface area contributed by atoms with Crippen LogP contribution in [0, 0.1) is 0 Å². The SMILES string of the molecule is COc1ccc(SC2CCNC2)cc1Cl. The van der Waals surface area contributed by atoms with Gasteiger partial charge in [-0.1, -0.05) is 11.6 Å². The molecule has 0 aliphatic carbocycles. The Hall–Kier alpha value is -0.380. The summed E-state index contributed by atoms with van der Waals surface area (Å²) in [6.45, 7) is 2.22. The number of benzene rings is 1. The van der Waals surface area contributed by atoms with Gasteiger partial charge in [-0.05, 0) is 31.2 Å². The Bertz CT molecular complexity index is 339. The van der Waals surface area contributed by atoms with Gasteiger partial charge >= 0.3 is 0 Å². The number of hydrogen-bond acceptors (Lipinski definition) is 3. The van der Waals surface area contributed by atoms with Gasteiger partial charge in [-0.25, -0.2) is 0 Å². The van der Waals surface area contributed by atoms with Crippen LogP contribution in [0.5, 0.6) is 5.75 Å². The van der Waals surface area contributed by atoms with Gasteiger partial charge in [0.1, 0.15) is 5.75 Å². The number of thioether (sulfide) groups is 1. The summed E-state index contributed by atoms with van der Waals surface area (Å²) < 4.78 is 5.12. The van der Waals surface area contributed by atoms with Gasteiger partial charge in [0.2, 0.25) is 0 Å². The summed E-state index contributed by atoms with van der Waals surface area (Å²) in [5.41, 5.74) is 0. The van der Waals surface area contributed by atoms with Crippen molar-refractivity contribution < 1.29 is 4.74 Å². The van der Waals surface area contributed by atoms with E-state index >= 15 is 0 Å². The standard InChI is InChI=1S/C11H14ClNOS/c1-14-11-3-2-8(6-10(11)12)15-9-4-5-13-7-9/h2-3,6,9,13H,4-5,7H2,1H3. The van der Waals surface area contributed by atoms with Gasteiger partial charge in [0.15, 0.2) is 0 Å². The molecular weight excluding hydrogens is 230 g/mol. The molecule has 0 saturated carbocycles. The summed E-state index contributed by atoms with van der Waals surface area (Å²) in [6, 6.07) is 5.96. The van der Waals surface area contributed by atoms with E-state index in [1.165, 1.54) is 11.3 Å². The molecule has 0 aromatic heterocycles. The molecule has 1 heterocycles. The molecule has 1 aromatic carbocycles. The van der Waals surface area contributed by atoms with Crippen LogP contribution in [0.2, 0.25) is 5.02 Å². The molecule has 82 valence electrons. The van der Waals surface area contributed by atoms with Crippen LogP contribution in [0.1, 0.15) is 6.42 Å². The van der Waals surface area contributed by atoms with Crippen LogP contribution in [-0.4, -0.2) is 25.4 Å². The van der Waals surface area contributed by atoms with Crippen molar-refractivity contribution in [3.05, 3.63) is 23.2 Å². The quantitative estimate of drug-likeness (QED) is 0.882. The Morgan fingerprint density at radius 1 is 1.53 bits per heavy atom. The molecule has 1 fully saturated rings. The highest BCUT2D eigenvalue weighted by molar-refractivity contribution is 8.00. The van der Waals surface area contributed by atoms with Crippen molar-refractivity contribution in [2.24, 2.45) is 0 Å². The summed E-state index contributed by atoms with van der Waals surface area (Å²) in [5.74, 6) is 0.741.